The van der Waals surface area contributed by atoms with Gasteiger partial charge in [0, 0.05) is 12.0 Å². The van der Waals surface area contributed by atoms with Crippen molar-refractivity contribution in [2.75, 3.05) is 7.11 Å². The van der Waals surface area contributed by atoms with Gasteiger partial charge in [-0.1, -0.05) is 18.3 Å². The molecule has 0 unspecified atom stereocenters. The van der Waals surface area contributed by atoms with Crippen molar-refractivity contribution >= 4 is 17.2 Å². The average Bonchev–Trinajstić information content (AvgIpc) is 2.26. The quantitative estimate of drug-likeness (QED) is 0.655. The highest BCUT2D eigenvalue weighted by atomic mass is 32.1. The molecule has 0 saturated carbocycles. The van der Waals surface area contributed by atoms with Crippen LogP contribution in [0.4, 0.5) is 0 Å². The fraction of sp³-hybridized carbons (Fsp3) is 0.364. The molecular formula is C11H15NO3S. The predicted octanol–water partition coefficient (Wildman–Crippen LogP) is 0.508. The molecule has 0 aromatic heterocycles. The van der Waals surface area contributed by atoms with E-state index in [1.165, 1.54) is 7.11 Å². The summed E-state index contributed by atoms with van der Waals surface area (Å²) in [6.45, 7) is -0.330. The number of aliphatic hydroxyl groups is 2. The van der Waals surface area contributed by atoms with E-state index in [0.29, 0.717) is 28.3 Å². The molecule has 0 saturated heterocycles. The Kier molecular flexibility index (Phi) is 4.67. The molecular weight excluding hydrogens is 226 g/mol. The van der Waals surface area contributed by atoms with Crippen molar-refractivity contribution < 1.29 is 14.9 Å². The smallest absolute Gasteiger partial charge is 0.125 e. The molecule has 0 aliphatic carbocycles. The van der Waals surface area contributed by atoms with Crippen LogP contribution in [0.15, 0.2) is 12.1 Å². The van der Waals surface area contributed by atoms with Crippen LogP contribution in [0.25, 0.3) is 0 Å². The maximum absolute atomic E-state index is 9.20. The van der Waals surface area contributed by atoms with E-state index in [-0.39, 0.29) is 13.2 Å². The molecule has 0 fully saturated rings. The Bertz CT molecular complexity index is 368. The summed E-state index contributed by atoms with van der Waals surface area (Å²) in [4.78, 5) is 0.377. The summed E-state index contributed by atoms with van der Waals surface area (Å²) < 4.78 is 5.15. The summed E-state index contributed by atoms with van der Waals surface area (Å²) in [6, 6.07) is 3.54. The Labute approximate surface area is 99.7 Å². The first-order chi connectivity index (χ1) is 7.62. The van der Waals surface area contributed by atoms with Crippen LogP contribution in [0.2, 0.25) is 0 Å². The van der Waals surface area contributed by atoms with Crippen molar-refractivity contribution in [2.45, 2.75) is 19.6 Å². The van der Waals surface area contributed by atoms with Crippen molar-refractivity contribution in [1.29, 1.82) is 0 Å². The summed E-state index contributed by atoms with van der Waals surface area (Å²) in [7, 11) is 1.51. The predicted molar refractivity (Wildman–Crippen MR) is 65.3 cm³/mol. The summed E-state index contributed by atoms with van der Waals surface area (Å²) in [6.07, 6.45) is 0.449. The van der Waals surface area contributed by atoms with Crippen LogP contribution in [-0.2, 0) is 19.6 Å². The molecule has 1 rings (SSSR count). The van der Waals surface area contributed by atoms with E-state index in [4.69, 9.17) is 22.7 Å². The van der Waals surface area contributed by atoms with Crippen LogP contribution < -0.4 is 10.5 Å². The number of methoxy groups -OCH3 is 1. The SMILES string of the molecule is COc1cc(CC(N)=S)cc(CO)c1CO. The third-order valence-corrected chi connectivity index (χ3v) is 2.43. The minimum atomic E-state index is -0.174. The van der Waals surface area contributed by atoms with Crippen LogP contribution in [0.1, 0.15) is 16.7 Å². The molecule has 16 heavy (non-hydrogen) atoms. The Morgan fingerprint density at radius 2 is 2.06 bits per heavy atom. The Hall–Kier alpha value is -1.17. The second-order valence-electron chi connectivity index (χ2n) is 3.40. The lowest BCUT2D eigenvalue weighted by molar-refractivity contribution is 0.254. The first-order valence-corrected chi connectivity index (χ1v) is 5.21. The lowest BCUT2D eigenvalue weighted by Gasteiger charge is -2.13. The second kappa shape index (κ2) is 5.79. The van der Waals surface area contributed by atoms with E-state index in [9.17, 15) is 10.2 Å². The molecule has 0 spiro atoms. The Balaban J connectivity index is 3.20. The minimum Gasteiger partial charge on any atom is -0.496 e. The molecule has 0 heterocycles. The number of hydrogen-bond acceptors (Lipinski definition) is 4. The number of nitrogens with two attached hydrogens (primary N) is 1. The van der Waals surface area contributed by atoms with Crippen LogP contribution in [-0.4, -0.2) is 22.3 Å². The third-order valence-electron chi connectivity index (χ3n) is 2.29. The van der Waals surface area contributed by atoms with Gasteiger partial charge in [0.05, 0.1) is 25.3 Å². The van der Waals surface area contributed by atoms with Gasteiger partial charge >= 0.3 is 0 Å². The van der Waals surface area contributed by atoms with Crippen molar-refractivity contribution in [1.82, 2.24) is 0 Å². The summed E-state index contributed by atoms with van der Waals surface area (Å²) in [5.41, 5.74) is 7.55. The second-order valence-corrected chi connectivity index (χ2v) is 3.92. The topological polar surface area (TPSA) is 75.7 Å². The van der Waals surface area contributed by atoms with E-state index in [0.717, 1.165) is 5.56 Å². The monoisotopic (exact) mass is 241 g/mol. The molecule has 0 aliphatic rings. The molecule has 5 heteroatoms. The van der Waals surface area contributed by atoms with Gasteiger partial charge in [-0.05, 0) is 17.2 Å². The van der Waals surface area contributed by atoms with E-state index in [2.05, 4.69) is 0 Å². The highest BCUT2D eigenvalue weighted by Crippen LogP contribution is 2.25. The molecule has 0 atom stereocenters. The van der Waals surface area contributed by atoms with Crippen LogP contribution >= 0.6 is 12.2 Å². The zero-order valence-corrected chi connectivity index (χ0v) is 9.88. The largest absolute Gasteiger partial charge is 0.496 e. The minimum absolute atomic E-state index is 0.155. The standard InChI is InChI=1S/C11H15NO3S/c1-15-10-3-7(4-11(12)16)2-8(5-13)9(10)6-14/h2-3,13-14H,4-6H2,1H3,(H2,12,16). The van der Waals surface area contributed by atoms with Gasteiger partial charge in [0.1, 0.15) is 5.75 Å². The van der Waals surface area contributed by atoms with Crippen molar-refractivity contribution in [3.8, 4) is 5.75 Å². The molecule has 1 aromatic rings. The van der Waals surface area contributed by atoms with E-state index < -0.39 is 0 Å². The van der Waals surface area contributed by atoms with Crippen LogP contribution in [0.3, 0.4) is 0 Å². The Morgan fingerprint density at radius 3 is 2.50 bits per heavy atom. The van der Waals surface area contributed by atoms with Crippen LogP contribution in [0, 0.1) is 0 Å². The van der Waals surface area contributed by atoms with Crippen molar-refractivity contribution in [2.24, 2.45) is 5.73 Å². The summed E-state index contributed by atoms with van der Waals surface area (Å²) in [5, 5.41) is 18.4. The fourth-order valence-corrected chi connectivity index (χ4v) is 1.74. The zero-order valence-electron chi connectivity index (χ0n) is 9.06. The van der Waals surface area contributed by atoms with Gasteiger partial charge < -0.3 is 20.7 Å². The van der Waals surface area contributed by atoms with Crippen molar-refractivity contribution in [3.63, 3.8) is 0 Å². The highest BCUT2D eigenvalue weighted by molar-refractivity contribution is 7.80. The van der Waals surface area contributed by atoms with Gasteiger partial charge in [-0.15, -0.1) is 0 Å². The highest BCUT2D eigenvalue weighted by Gasteiger charge is 2.10. The lowest BCUT2D eigenvalue weighted by Crippen LogP contribution is -2.12. The van der Waals surface area contributed by atoms with E-state index in [1.54, 1.807) is 12.1 Å². The number of ether oxygens (including phenoxy) is 1. The molecule has 0 radical (unpaired) electrons. The maximum Gasteiger partial charge on any atom is 0.125 e. The van der Waals surface area contributed by atoms with Gasteiger partial charge in [-0.25, -0.2) is 0 Å². The zero-order chi connectivity index (χ0) is 12.1. The van der Waals surface area contributed by atoms with E-state index in [1.807, 2.05) is 0 Å². The molecule has 0 aliphatic heterocycles. The summed E-state index contributed by atoms with van der Waals surface area (Å²) >= 11 is 4.82. The van der Waals surface area contributed by atoms with E-state index >= 15 is 0 Å². The molecule has 4 nitrogen and oxygen atoms in total. The van der Waals surface area contributed by atoms with Crippen LogP contribution in [0.5, 0.6) is 5.75 Å². The lowest BCUT2D eigenvalue weighted by atomic mass is 10.0. The number of rotatable bonds is 5. The summed E-state index contributed by atoms with van der Waals surface area (Å²) in [5.74, 6) is 0.542. The molecule has 0 amide bonds. The first-order valence-electron chi connectivity index (χ1n) is 4.81. The normalized spacial score (nSPS) is 10.2. The molecule has 0 bridgehead atoms. The van der Waals surface area contributed by atoms with Crippen molar-refractivity contribution in [3.05, 3.63) is 28.8 Å². The van der Waals surface area contributed by atoms with Gasteiger partial charge in [0.15, 0.2) is 0 Å². The van der Waals surface area contributed by atoms with Gasteiger partial charge in [0.25, 0.3) is 0 Å². The third kappa shape index (κ3) is 2.91. The van der Waals surface area contributed by atoms with Gasteiger partial charge in [-0.2, -0.15) is 0 Å². The average molecular weight is 241 g/mol. The molecule has 4 N–H and O–H groups in total. The number of hydrogen-bond donors (Lipinski definition) is 3. The van der Waals surface area contributed by atoms with Gasteiger partial charge in [0.2, 0.25) is 0 Å². The van der Waals surface area contributed by atoms with Gasteiger partial charge in [-0.3, -0.25) is 0 Å². The number of benzene rings is 1. The Morgan fingerprint density at radius 1 is 1.38 bits per heavy atom. The number of thiocarbonyl (C=S) groups is 1. The molecule has 88 valence electrons. The molecule has 1 aromatic carbocycles. The first kappa shape index (κ1) is 12.9. The fourth-order valence-electron chi connectivity index (χ4n) is 1.57. The number of aliphatic hydroxyl groups excluding tert-OH is 2. The maximum atomic E-state index is 9.20.